The zero-order valence-electron chi connectivity index (χ0n) is 25.7. The van der Waals surface area contributed by atoms with E-state index in [1.165, 1.54) is 17.0 Å². The Balaban J connectivity index is 1.78. The highest BCUT2D eigenvalue weighted by Crippen LogP contribution is 2.26. The molecule has 0 saturated carbocycles. The number of rotatable bonds is 15. The van der Waals surface area contributed by atoms with Crippen LogP contribution in [0.1, 0.15) is 43.4 Å². The number of carbonyl (C=O) groups excluding carboxylic acids is 2. The number of benzene rings is 4. The van der Waals surface area contributed by atoms with Gasteiger partial charge >= 0.3 is 0 Å². The number of anilines is 1. The second-order valence-electron chi connectivity index (χ2n) is 10.8. The standard InChI is InChI=1S/C36H40BrN3O4S/c1-3-5-23-38-36(42)34(25-29-13-8-6-9-14-29)39(26-30-15-12-16-31(37)24-30)35(41)27-40(32-21-19-28(4-2)20-22-32)45(43,44)33-17-10-7-11-18-33/h6-22,24,34H,3-5,23,25-27H2,1-2H3,(H,38,42)/t34-/m1/s1. The number of sulfonamides is 1. The van der Waals surface area contributed by atoms with E-state index in [4.69, 9.17) is 0 Å². The summed E-state index contributed by atoms with van der Waals surface area (Å²) in [6.07, 6.45) is 2.78. The fourth-order valence-electron chi connectivity index (χ4n) is 5.04. The van der Waals surface area contributed by atoms with Gasteiger partial charge in [0.15, 0.2) is 0 Å². The molecule has 4 aromatic rings. The van der Waals surface area contributed by atoms with Gasteiger partial charge in [0.25, 0.3) is 10.0 Å². The van der Waals surface area contributed by atoms with Crippen LogP contribution >= 0.6 is 15.9 Å². The number of hydrogen-bond acceptors (Lipinski definition) is 4. The van der Waals surface area contributed by atoms with Crippen molar-refractivity contribution in [2.45, 2.75) is 57.0 Å². The molecule has 4 aromatic carbocycles. The van der Waals surface area contributed by atoms with Crippen LogP contribution < -0.4 is 9.62 Å². The Morgan fingerprint density at radius 3 is 2.07 bits per heavy atom. The minimum absolute atomic E-state index is 0.0778. The molecule has 45 heavy (non-hydrogen) atoms. The molecule has 0 radical (unpaired) electrons. The fraction of sp³-hybridized carbons (Fsp3) is 0.278. The minimum Gasteiger partial charge on any atom is -0.354 e. The first-order valence-corrected chi connectivity index (χ1v) is 17.5. The molecule has 9 heteroatoms. The summed E-state index contributed by atoms with van der Waals surface area (Å²) in [6.45, 7) is 4.19. The number of unbranched alkanes of at least 4 members (excludes halogenated alkanes) is 1. The lowest BCUT2D eigenvalue weighted by atomic mass is 10.0. The highest BCUT2D eigenvalue weighted by Gasteiger charge is 2.34. The number of nitrogens with zero attached hydrogens (tertiary/aromatic N) is 2. The molecular weight excluding hydrogens is 650 g/mol. The topological polar surface area (TPSA) is 86.8 Å². The number of hydrogen-bond donors (Lipinski definition) is 1. The molecular formula is C36H40BrN3O4S. The maximum Gasteiger partial charge on any atom is 0.264 e. The SMILES string of the molecule is CCCCNC(=O)[C@@H](Cc1ccccc1)N(Cc1cccc(Br)c1)C(=O)CN(c1ccc(CC)cc1)S(=O)(=O)c1ccccc1. The summed E-state index contributed by atoms with van der Waals surface area (Å²) < 4.78 is 30.2. The first-order valence-electron chi connectivity index (χ1n) is 15.2. The van der Waals surface area contributed by atoms with E-state index < -0.39 is 28.5 Å². The summed E-state index contributed by atoms with van der Waals surface area (Å²) in [7, 11) is -4.13. The van der Waals surface area contributed by atoms with E-state index >= 15 is 0 Å². The number of halogens is 1. The third-order valence-electron chi connectivity index (χ3n) is 7.59. The van der Waals surface area contributed by atoms with Crippen LogP contribution in [0.15, 0.2) is 119 Å². The molecule has 0 fully saturated rings. The van der Waals surface area contributed by atoms with Gasteiger partial charge in [0.2, 0.25) is 11.8 Å². The predicted molar refractivity (Wildman–Crippen MR) is 183 cm³/mol. The Bertz CT molecular complexity index is 1650. The molecule has 0 unspecified atom stereocenters. The van der Waals surface area contributed by atoms with E-state index in [-0.39, 0.29) is 23.8 Å². The molecule has 1 atom stereocenters. The molecule has 0 aliphatic heterocycles. The van der Waals surface area contributed by atoms with Gasteiger partial charge in [-0.3, -0.25) is 13.9 Å². The van der Waals surface area contributed by atoms with E-state index in [1.807, 2.05) is 80.6 Å². The predicted octanol–water partition coefficient (Wildman–Crippen LogP) is 6.76. The molecule has 1 N–H and O–H groups in total. The Morgan fingerprint density at radius 1 is 0.800 bits per heavy atom. The van der Waals surface area contributed by atoms with Crippen LogP contribution in [-0.4, -0.2) is 44.3 Å². The summed E-state index contributed by atoms with van der Waals surface area (Å²) in [4.78, 5) is 29.9. The smallest absolute Gasteiger partial charge is 0.264 e. The Labute approximate surface area is 275 Å². The van der Waals surface area contributed by atoms with Gasteiger partial charge in [0.1, 0.15) is 12.6 Å². The van der Waals surface area contributed by atoms with Gasteiger partial charge in [-0.05, 0) is 65.9 Å². The average molecular weight is 691 g/mol. The Kier molecular flexibility index (Phi) is 12.4. The van der Waals surface area contributed by atoms with Crippen LogP contribution in [-0.2, 0) is 39.0 Å². The third-order valence-corrected chi connectivity index (χ3v) is 9.87. The second-order valence-corrected chi connectivity index (χ2v) is 13.6. The van der Waals surface area contributed by atoms with E-state index in [9.17, 15) is 18.0 Å². The lowest BCUT2D eigenvalue weighted by Crippen LogP contribution is -2.53. The highest BCUT2D eigenvalue weighted by molar-refractivity contribution is 9.10. The van der Waals surface area contributed by atoms with E-state index in [0.717, 1.165) is 44.7 Å². The van der Waals surface area contributed by atoms with Crippen molar-refractivity contribution in [1.82, 2.24) is 10.2 Å². The van der Waals surface area contributed by atoms with Gasteiger partial charge in [-0.2, -0.15) is 0 Å². The largest absolute Gasteiger partial charge is 0.354 e. The van der Waals surface area contributed by atoms with Crippen molar-refractivity contribution in [3.63, 3.8) is 0 Å². The number of nitrogens with one attached hydrogen (secondary N) is 1. The van der Waals surface area contributed by atoms with Crippen molar-refractivity contribution in [3.05, 3.63) is 130 Å². The van der Waals surface area contributed by atoms with Crippen molar-refractivity contribution < 1.29 is 18.0 Å². The third kappa shape index (κ3) is 9.28. The van der Waals surface area contributed by atoms with Crippen LogP contribution in [0.4, 0.5) is 5.69 Å². The molecule has 0 aliphatic rings. The summed E-state index contributed by atoms with van der Waals surface area (Å²) in [5.74, 6) is -0.763. The van der Waals surface area contributed by atoms with Crippen LogP contribution in [0.5, 0.6) is 0 Å². The maximum absolute atomic E-state index is 14.5. The van der Waals surface area contributed by atoms with Crippen molar-refractivity contribution in [1.29, 1.82) is 0 Å². The van der Waals surface area contributed by atoms with Crippen LogP contribution in [0.2, 0.25) is 0 Å². The molecule has 0 aliphatic carbocycles. The van der Waals surface area contributed by atoms with Gasteiger partial charge in [0.05, 0.1) is 10.6 Å². The Hall–Kier alpha value is -3.95. The van der Waals surface area contributed by atoms with Crippen molar-refractivity contribution >= 4 is 43.5 Å². The first kappa shape index (κ1) is 33.9. The van der Waals surface area contributed by atoms with E-state index in [2.05, 4.69) is 21.2 Å². The molecule has 0 heterocycles. The number of amides is 2. The lowest BCUT2D eigenvalue weighted by Gasteiger charge is -2.34. The summed E-state index contributed by atoms with van der Waals surface area (Å²) in [6, 6.07) is 31.5. The monoisotopic (exact) mass is 689 g/mol. The molecule has 2 amide bonds. The Morgan fingerprint density at radius 2 is 1.44 bits per heavy atom. The van der Waals surface area contributed by atoms with Crippen molar-refractivity contribution in [2.75, 3.05) is 17.4 Å². The van der Waals surface area contributed by atoms with Gasteiger partial charge in [-0.1, -0.05) is 109 Å². The molecule has 0 saturated heterocycles. The van der Waals surface area contributed by atoms with Crippen molar-refractivity contribution in [3.8, 4) is 0 Å². The molecule has 0 bridgehead atoms. The average Bonchev–Trinajstić information content (AvgIpc) is 3.06. The van der Waals surface area contributed by atoms with Crippen LogP contribution in [0, 0.1) is 0 Å². The summed E-state index contributed by atoms with van der Waals surface area (Å²) >= 11 is 3.52. The fourth-order valence-corrected chi connectivity index (χ4v) is 6.92. The first-order chi connectivity index (χ1) is 21.7. The minimum atomic E-state index is -4.13. The maximum atomic E-state index is 14.5. The summed E-state index contributed by atoms with van der Waals surface area (Å²) in [5.41, 5.74) is 3.12. The normalized spacial score (nSPS) is 11.9. The van der Waals surface area contributed by atoms with Crippen LogP contribution in [0.3, 0.4) is 0 Å². The zero-order chi connectivity index (χ0) is 32.2. The van der Waals surface area contributed by atoms with Gasteiger partial charge in [-0.15, -0.1) is 0 Å². The number of aryl methyl sites for hydroxylation is 1. The second kappa shape index (κ2) is 16.4. The van der Waals surface area contributed by atoms with Gasteiger partial charge in [-0.25, -0.2) is 8.42 Å². The summed E-state index contributed by atoms with van der Waals surface area (Å²) in [5, 5.41) is 3.02. The lowest BCUT2D eigenvalue weighted by molar-refractivity contribution is -0.140. The highest BCUT2D eigenvalue weighted by atomic mass is 79.9. The van der Waals surface area contributed by atoms with Gasteiger partial charge in [0, 0.05) is 24.0 Å². The molecule has 236 valence electrons. The zero-order valence-corrected chi connectivity index (χ0v) is 28.1. The van der Waals surface area contributed by atoms with Gasteiger partial charge < -0.3 is 10.2 Å². The van der Waals surface area contributed by atoms with E-state index in [1.54, 1.807) is 30.3 Å². The van der Waals surface area contributed by atoms with Crippen molar-refractivity contribution in [2.24, 2.45) is 0 Å². The number of carbonyl (C=O) groups is 2. The van der Waals surface area contributed by atoms with E-state index in [0.29, 0.717) is 12.2 Å². The van der Waals surface area contributed by atoms with Crippen LogP contribution in [0.25, 0.3) is 0 Å². The molecule has 0 aromatic heterocycles. The molecule has 4 rings (SSSR count). The molecule has 0 spiro atoms. The quantitative estimate of drug-likeness (QED) is 0.140. The molecule has 7 nitrogen and oxygen atoms in total.